The van der Waals surface area contributed by atoms with Crippen molar-refractivity contribution < 1.29 is 9.53 Å². The summed E-state index contributed by atoms with van der Waals surface area (Å²) in [6, 6.07) is 0. The molecule has 0 saturated heterocycles. The van der Waals surface area contributed by atoms with Gasteiger partial charge in [0.15, 0.2) is 0 Å². The van der Waals surface area contributed by atoms with Crippen LogP contribution in [0.2, 0.25) is 0 Å². The number of rotatable bonds is 1. The van der Waals surface area contributed by atoms with Crippen LogP contribution in [-0.4, -0.2) is 20.0 Å². The van der Waals surface area contributed by atoms with E-state index in [0.29, 0.717) is 0 Å². The van der Waals surface area contributed by atoms with Crippen molar-refractivity contribution in [3.8, 4) is 0 Å². The van der Waals surface area contributed by atoms with Crippen molar-refractivity contribution in [3.05, 3.63) is 0 Å². The van der Waals surface area contributed by atoms with E-state index in [1.165, 1.54) is 6.92 Å². The summed E-state index contributed by atoms with van der Waals surface area (Å²) in [5.41, 5.74) is 0. The Morgan fingerprint density at radius 2 is 1.75 bits per heavy atom. The lowest BCUT2D eigenvalue weighted by molar-refractivity contribution is -0.106. The Kier molecular flexibility index (Phi) is 59.4. The maximum absolute atomic E-state index is 8.81. The lowest BCUT2D eigenvalue weighted by Crippen LogP contribution is -1.73. The molecule has 0 atom stereocenters. The van der Waals surface area contributed by atoms with E-state index in [4.69, 9.17) is 4.79 Å². The Balaban J connectivity index is -0.0000000575. The Hall–Kier alpha value is -0.370. The molecular weight excluding hydrogens is 104 g/mol. The Morgan fingerprint density at radius 1 is 1.62 bits per heavy atom. The molecule has 2 heteroatoms. The van der Waals surface area contributed by atoms with Gasteiger partial charge >= 0.3 is 0 Å². The molecule has 0 aliphatic carbocycles. The highest BCUT2D eigenvalue weighted by molar-refractivity contribution is 5.44. The normalized spacial score (nSPS) is 5.38. The first-order valence-corrected chi connectivity index (χ1v) is 2.22. The minimum absolute atomic E-state index is 0. The number of methoxy groups -OCH3 is 1. The van der Waals surface area contributed by atoms with Gasteiger partial charge < -0.3 is 9.53 Å². The Morgan fingerprint density at radius 3 is 1.75 bits per heavy atom. The highest BCUT2D eigenvalue weighted by Crippen LogP contribution is 1.52. The van der Waals surface area contributed by atoms with Crippen LogP contribution in [0.15, 0.2) is 0 Å². The second kappa shape index (κ2) is 30.4. The van der Waals surface area contributed by atoms with Crippen LogP contribution in [0.25, 0.3) is 0 Å². The average Bonchev–Trinajstić information content (AvgIpc) is 1.69. The van der Waals surface area contributed by atoms with Crippen LogP contribution in [-0.2, 0) is 9.53 Å². The summed E-state index contributed by atoms with van der Waals surface area (Å²) in [5, 5.41) is 0. The van der Waals surface area contributed by atoms with Gasteiger partial charge in [-0.2, -0.15) is 0 Å². The van der Waals surface area contributed by atoms with Gasteiger partial charge in [0.1, 0.15) is 6.29 Å². The molecule has 0 aromatic carbocycles. The first-order chi connectivity index (χ1) is 3.33. The molecule has 0 heterocycles. The number of hydrogen-bond acceptors (Lipinski definition) is 2. The number of aldehydes is 1. The number of carbonyl (C=O) groups excluding carboxylic acids is 1. The minimum atomic E-state index is 0. The van der Waals surface area contributed by atoms with Crippen LogP contribution in [0.1, 0.15) is 21.3 Å². The van der Waals surface area contributed by atoms with Gasteiger partial charge in [0.2, 0.25) is 0 Å². The third-order valence-electron chi connectivity index (χ3n) is 0.289. The van der Waals surface area contributed by atoms with Crippen LogP contribution in [0.4, 0.5) is 0 Å². The molecule has 0 unspecified atom stereocenters. The summed E-state index contributed by atoms with van der Waals surface area (Å²) in [5.74, 6) is 0. The molecule has 8 heavy (non-hydrogen) atoms. The van der Waals surface area contributed by atoms with E-state index in [0.717, 1.165) is 12.9 Å². The molecule has 52 valence electrons. The zero-order valence-electron chi connectivity index (χ0n) is 5.10. The van der Waals surface area contributed by atoms with Gasteiger partial charge in [-0.3, -0.25) is 0 Å². The van der Waals surface area contributed by atoms with Gasteiger partial charge in [-0.15, -0.1) is 0 Å². The lowest BCUT2D eigenvalue weighted by atomic mass is 10.9. The first kappa shape index (κ1) is 15.6. The molecule has 0 N–H and O–H groups in total. The van der Waals surface area contributed by atoms with E-state index >= 15 is 0 Å². The number of hydrogen-bond donors (Lipinski definition) is 0. The molecule has 0 aromatic heterocycles. The van der Waals surface area contributed by atoms with E-state index in [9.17, 15) is 0 Å². The molecule has 0 spiro atoms. The third kappa shape index (κ3) is 304. The summed E-state index contributed by atoms with van der Waals surface area (Å²) in [6.45, 7) is 4.22. The lowest BCUT2D eigenvalue weighted by Gasteiger charge is -1.76. The van der Waals surface area contributed by atoms with Gasteiger partial charge in [0.25, 0.3) is 0 Å². The molecule has 0 rings (SSSR count). The van der Waals surface area contributed by atoms with E-state index in [-0.39, 0.29) is 7.43 Å². The van der Waals surface area contributed by atoms with E-state index in [2.05, 4.69) is 4.74 Å². The second-order valence-electron chi connectivity index (χ2n) is 0.813. The van der Waals surface area contributed by atoms with Crippen molar-refractivity contribution in [2.45, 2.75) is 21.3 Å². The molecule has 0 radical (unpaired) electrons. The van der Waals surface area contributed by atoms with Crippen molar-refractivity contribution in [1.82, 2.24) is 0 Å². The summed E-state index contributed by atoms with van der Waals surface area (Å²) in [7, 11) is 1.68. The summed E-state index contributed by atoms with van der Waals surface area (Å²) < 4.78 is 4.54. The SMILES string of the molecule is C.CC=O.CCOC. The van der Waals surface area contributed by atoms with Crippen molar-refractivity contribution in [2.24, 2.45) is 0 Å². The van der Waals surface area contributed by atoms with Crippen LogP contribution < -0.4 is 0 Å². The topological polar surface area (TPSA) is 26.3 Å². The van der Waals surface area contributed by atoms with E-state index in [1.807, 2.05) is 6.92 Å². The molecular formula is C6H16O2. The number of ether oxygens (including phenoxy) is 1. The summed E-state index contributed by atoms with van der Waals surface area (Å²) in [6.07, 6.45) is 0.750. The fraction of sp³-hybridized carbons (Fsp3) is 0.833. The van der Waals surface area contributed by atoms with Crippen LogP contribution >= 0.6 is 0 Å². The van der Waals surface area contributed by atoms with E-state index < -0.39 is 0 Å². The average molecular weight is 120 g/mol. The molecule has 0 aliphatic heterocycles. The van der Waals surface area contributed by atoms with Crippen molar-refractivity contribution in [3.63, 3.8) is 0 Å². The molecule has 2 nitrogen and oxygen atoms in total. The standard InChI is InChI=1S/C3H8O.C2H4O.CH4/c1-3-4-2;1-2-3;/h3H2,1-2H3;2H,1H3;1H4. The second-order valence-corrected chi connectivity index (χ2v) is 0.813. The van der Waals surface area contributed by atoms with Gasteiger partial charge in [-0.05, 0) is 13.8 Å². The van der Waals surface area contributed by atoms with Crippen molar-refractivity contribution in [2.75, 3.05) is 13.7 Å². The quantitative estimate of drug-likeness (QED) is 0.490. The Bertz CT molecular complexity index is 25.7. The van der Waals surface area contributed by atoms with Crippen LogP contribution in [0.5, 0.6) is 0 Å². The molecule has 0 amide bonds. The highest BCUT2D eigenvalue weighted by Gasteiger charge is 1.51. The monoisotopic (exact) mass is 120 g/mol. The smallest absolute Gasteiger partial charge is 0.116 e. The first-order valence-electron chi connectivity index (χ1n) is 2.22. The maximum Gasteiger partial charge on any atom is 0.116 e. The highest BCUT2D eigenvalue weighted by atomic mass is 16.5. The van der Waals surface area contributed by atoms with E-state index in [1.54, 1.807) is 7.11 Å². The summed E-state index contributed by atoms with van der Waals surface area (Å²) in [4.78, 5) is 8.81. The van der Waals surface area contributed by atoms with Gasteiger partial charge in [-0.25, -0.2) is 0 Å². The predicted octanol–water partition coefficient (Wildman–Crippen LogP) is 1.49. The molecule has 0 fully saturated rings. The van der Waals surface area contributed by atoms with Gasteiger partial charge in [0, 0.05) is 13.7 Å². The zero-order chi connectivity index (χ0) is 6.12. The molecule has 0 bridgehead atoms. The fourth-order valence-corrected chi connectivity index (χ4v) is 0. The van der Waals surface area contributed by atoms with Crippen LogP contribution in [0.3, 0.4) is 0 Å². The largest absolute Gasteiger partial charge is 0.385 e. The fourth-order valence-electron chi connectivity index (χ4n) is 0. The molecule has 0 aliphatic rings. The maximum atomic E-state index is 8.81. The zero-order valence-corrected chi connectivity index (χ0v) is 5.10. The Labute approximate surface area is 51.9 Å². The van der Waals surface area contributed by atoms with Gasteiger partial charge in [0.05, 0.1) is 0 Å². The molecule has 0 saturated carbocycles. The van der Waals surface area contributed by atoms with Crippen LogP contribution in [0, 0.1) is 0 Å². The number of carbonyl (C=O) groups is 1. The van der Waals surface area contributed by atoms with Gasteiger partial charge in [-0.1, -0.05) is 7.43 Å². The third-order valence-corrected chi connectivity index (χ3v) is 0.289. The minimum Gasteiger partial charge on any atom is -0.385 e. The van der Waals surface area contributed by atoms with Crippen molar-refractivity contribution in [1.29, 1.82) is 0 Å². The predicted molar refractivity (Wildman–Crippen MR) is 36.0 cm³/mol. The van der Waals surface area contributed by atoms with Crippen molar-refractivity contribution >= 4 is 6.29 Å². The molecule has 0 aromatic rings. The summed E-state index contributed by atoms with van der Waals surface area (Å²) >= 11 is 0.